The second-order valence-corrected chi connectivity index (χ2v) is 6.39. The van der Waals surface area contributed by atoms with Crippen molar-refractivity contribution in [3.63, 3.8) is 0 Å². The molecule has 0 N–H and O–H groups in total. The number of hydrogen-bond donors (Lipinski definition) is 0. The maximum absolute atomic E-state index is 12.0. The quantitative estimate of drug-likeness (QED) is 0.782. The topological polar surface area (TPSA) is 29.5 Å². The second kappa shape index (κ2) is 6.91. The molecule has 0 aromatic heterocycles. The summed E-state index contributed by atoms with van der Waals surface area (Å²) in [5.74, 6) is 0.120. The maximum Gasteiger partial charge on any atom is 0.227 e. The first-order valence-electron chi connectivity index (χ1n) is 7.48. The molecule has 120 valence electrons. The second-order valence-electron chi connectivity index (χ2n) is 5.55. The zero-order valence-electron chi connectivity index (χ0n) is 12.8. The van der Waals surface area contributed by atoms with Gasteiger partial charge in [-0.05, 0) is 47.4 Å². The number of rotatable bonds is 4. The Morgan fingerprint density at radius 2 is 1.91 bits per heavy atom. The van der Waals surface area contributed by atoms with Crippen LogP contribution in [0.5, 0.6) is 0 Å². The summed E-state index contributed by atoms with van der Waals surface area (Å²) in [6, 6.07) is 11.5. The van der Waals surface area contributed by atoms with Crippen molar-refractivity contribution in [2.75, 3.05) is 18.6 Å². The number of amides is 1. The molecule has 0 atom stereocenters. The number of nitrogens with zero attached hydrogens (tertiary/aromatic N) is 1. The molecule has 3 rings (SSSR count). The Labute approximate surface area is 145 Å². The molecule has 1 saturated heterocycles. The molecule has 0 spiro atoms. The van der Waals surface area contributed by atoms with E-state index in [0.717, 1.165) is 28.8 Å². The number of anilines is 1. The van der Waals surface area contributed by atoms with Crippen molar-refractivity contribution in [3.05, 3.63) is 52.0 Å². The fourth-order valence-corrected chi connectivity index (χ4v) is 3.28. The first-order chi connectivity index (χ1) is 11.1. The Kier molecular flexibility index (Phi) is 4.90. The third-order valence-corrected chi connectivity index (χ3v) is 4.55. The van der Waals surface area contributed by atoms with Crippen LogP contribution in [-0.4, -0.2) is 19.6 Å². The van der Waals surface area contributed by atoms with E-state index >= 15 is 0 Å². The monoisotopic (exact) mass is 349 g/mol. The number of hydrogen-bond acceptors (Lipinski definition) is 2. The number of methoxy groups -OCH3 is 1. The Morgan fingerprint density at radius 3 is 2.52 bits per heavy atom. The highest BCUT2D eigenvalue weighted by atomic mass is 35.5. The van der Waals surface area contributed by atoms with Gasteiger partial charge in [-0.3, -0.25) is 4.79 Å². The number of halogens is 2. The molecule has 2 aromatic carbocycles. The summed E-state index contributed by atoms with van der Waals surface area (Å²) in [6.45, 7) is 1.16. The Hall–Kier alpha value is -1.55. The summed E-state index contributed by atoms with van der Waals surface area (Å²) in [4.78, 5) is 13.8. The Morgan fingerprint density at radius 1 is 1.17 bits per heavy atom. The largest absolute Gasteiger partial charge is 0.380 e. The highest BCUT2D eigenvalue weighted by Gasteiger charge is 2.24. The van der Waals surface area contributed by atoms with Gasteiger partial charge in [0, 0.05) is 25.1 Å². The van der Waals surface area contributed by atoms with Gasteiger partial charge in [-0.25, -0.2) is 0 Å². The van der Waals surface area contributed by atoms with Crippen LogP contribution in [0.1, 0.15) is 18.4 Å². The number of ether oxygens (including phenoxy) is 1. The van der Waals surface area contributed by atoms with Gasteiger partial charge in [0.05, 0.1) is 17.3 Å². The molecule has 0 bridgehead atoms. The lowest BCUT2D eigenvalue weighted by atomic mass is 9.99. The van der Waals surface area contributed by atoms with Crippen molar-refractivity contribution in [2.45, 2.75) is 19.4 Å². The SMILES string of the molecule is COCc1cc(N2CCCC2=O)c(Cl)cc1-c1ccc(Cl)cc1. The van der Waals surface area contributed by atoms with Crippen LogP contribution in [0.4, 0.5) is 5.69 Å². The molecule has 5 heteroatoms. The highest BCUT2D eigenvalue weighted by Crippen LogP contribution is 2.37. The average Bonchev–Trinajstić information content (AvgIpc) is 2.96. The van der Waals surface area contributed by atoms with Gasteiger partial charge < -0.3 is 9.64 Å². The number of carbonyl (C=O) groups excluding carboxylic acids is 1. The van der Waals surface area contributed by atoms with Gasteiger partial charge in [0.15, 0.2) is 0 Å². The minimum Gasteiger partial charge on any atom is -0.380 e. The van der Waals surface area contributed by atoms with Gasteiger partial charge in [0.2, 0.25) is 5.91 Å². The molecule has 23 heavy (non-hydrogen) atoms. The lowest BCUT2D eigenvalue weighted by molar-refractivity contribution is -0.117. The van der Waals surface area contributed by atoms with Crippen molar-refractivity contribution in [3.8, 4) is 11.1 Å². The first kappa shape index (κ1) is 16.3. The van der Waals surface area contributed by atoms with Crippen LogP contribution in [0, 0.1) is 0 Å². The van der Waals surface area contributed by atoms with Gasteiger partial charge in [-0.15, -0.1) is 0 Å². The third-order valence-electron chi connectivity index (χ3n) is 3.99. The molecule has 1 amide bonds. The van der Waals surface area contributed by atoms with E-state index in [2.05, 4.69) is 0 Å². The molecule has 0 radical (unpaired) electrons. The van der Waals surface area contributed by atoms with Gasteiger partial charge in [-0.1, -0.05) is 35.3 Å². The predicted octanol–water partition coefficient (Wildman–Crippen LogP) is 4.93. The van der Waals surface area contributed by atoms with Crippen LogP contribution < -0.4 is 4.90 Å². The summed E-state index contributed by atoms with van der Waals surface area (Å²) in [7, 11) is 1.65. The van der Waals surface area contributed by atoms with Crippen LogP contribution >= 0.6 is 23.2 Å². The minimum absolute atomic E-state index is 0.120. The molecule has 1 aliphatic rings. The normalized spacial score (nSPS) is 14.6. The molecule has 0 saturated carbocycles. The first-order valence-corrected chi connectivity index (χ1v) is 8.23. The van der Waals surface area contributed by atoms with Gasteiger partial charge in [0.1, 0.15) is 0 Å². The van der Waals surface area contributed by atoms with E-state index in [0.29, 0.717) is 29.6 Å². The van der Waals surface area contributed by atoms with E-state index < -0.39 is 0 Å². The molecule has 3 nitrogen and oxygen atoms in total. The van der Waals surface area contributed by atoms with Crippen molar-refractivity contribution in [2.24, 2.45) is 0 Å². The van der Waals surface area contributed by atoms with Crippen LogP contribution in [0.15, 0.2) is 36.4 Å². The Bertz CT molecular complexity index is 729. The van der Waals surface area contributed by atoms with E-state index in [1.165, 1.54) is 0 Å². The number of carbonyl (C=O) groups is 1. The lowest BCUT2D eigenvalue weighted by Gasteiger charge is -2.20. The van der Waals surface area contributed by atoms with Crippen LogP contribution in [0.2, 0.25) is 10.0 Å². The summed E-state index contributed by atoms with van der Waals surface area (Å²) in [6.07, 6.45) is 1.45. The number of benzene rings is 2. The van der Waals surface area contributed by atoms with Crippen LogP contribution in [-0.2, 0) is 16.1 Å². The van der Waals surface area contributed by atoms with Crippen LogP contribution in [0.25, 0.3) is 11.1 Å². The summed E-state index contributed by atoms with van der Waals surface area (Å²) >= 11 is 12.4. The standard InChI is InChI=1S/C18H17Cl2NO2/c1-23-11-13-9-17(21-8-2-3-18(21)22)16(20)10-15(13)12-4-6-14(19)7-5-12/h4-7,9-10H,2-3,8,11H2,1H3. The van der Waals surface area contributed by atoms with Crippen molar-refractivity contribution >= 4 is 34.8 Å². The Balaban J connectivity index is 2.08. The fraction of sp³-hybridized carbons (Fsp3) is 0.278. The van der Waals surface area contributed by atoms with Crippen molar-refractivity contribution in [1.29, 1.82) is 0 Å². The molecule has 1 aliphatic heterocycles. The van der Waals surface area contributed by atoms with Crippen molar-refractivity contribution < 1.29 is 9.53 Å². The highest BCUT2D eigenvalue weighted by molar-refractivity contribution is 6.34. The smallest absolute Gasteiger partial charge is 0.227 e. The predicted molar refractivity (Wildman–Crippen MR) is 94.2 cm³/mol. The summed E-state index contributed by atoms with van der Waals surface area (Å²) in [5, 5.41) is 1.26. The molecule has 0 unspecified atom stereocenters. The molecular formula is C18H17Cl2NO2. The van der Waals surface area contributed by atoms with E-state index in [9.17, 15) is 4.79 Å². The van der Waals surface area contributed by atoms with Gasteiger partial charge in [-0.2, -0.15) is 0 Å². The van der Waals surface area contributed by atoms with Crippen LogP contribution in [0.3, 0.4) is 0 Å². The molecule has 2 aromatic rings. The van der Waals surface area contributed by atoms with E-state index in [-0.39, 0.29) is 5.91 Å². The zero-order chi connectivity index (χ0) is 16.4. The van der Waals surface area contributed by atoms with E-state index in [1.54, 1.807) is 12.0 Å². The maximum atomic E-state index is 12.0. The molecule has 0 aliphatic carbocycles. The minimum atomic E-state index is 0.120. The summed E-state index contributed by atoms with van der Waals surface area (Å²) < 4.78 is 5.33. The van der Waals surface area contributed by atoms with Gasteiger partial charge >= 0.3 is 0 Å². The lowest BCUT2D eigenvalue weighted by Crippen LogP contribution is -2.24. The van der Waals surface area contributed by atoms with E-state index in [4.69, 9.17) is 27.9 Å². The molecule has 1 fully saturated rings. The fourth-order valence-electron chi connectivity index (χ4n) is 2.89. The molecule has 1 heterocycles. The third kappa shape index (κ3) is 3.37. The summed E-state index contributed by atoms with van der Waals surface area (Å²) in [5.41, 5.74) is 3.76. The zero-order valence-corrected chi connectivity index (χ0v) is 14.3. The molecular weight excluding hydrogens is 333 g/mol. The average molecular weight is 350 g/mol. The van der Waals surface area contributed by atoms with Crippen molar-refractivity contribution in [1.82, 2.24) is 0 Å². The van der Waals surface area contributed by atoms with Gasteiger partial charge in [0.25, 0.3) is 0 Å². The van der Waals surface area contributed by atoms with E-state index in [1.807, 2.05) is 36.4 Å².